The molecular weight excluding hydrogens is 228 g/mol. The molecule has 3 nitrogen and oxygen atoms in total. The van der Waals surface area contributed by atoms with Gasteiger partial charge in [-0.3, -0.25) is 9.59 Å². The molecule has 1 aromatic rings. The molecule has 2 rings (SSSR count). The minimum absolute atomic E-state index is 0.143. The Labute approximate surface area is 107 Å². The van der Waals surface area contributed by atoms with E-state index in [1.165, 1.54) is 0 Å². The first-order valence-electron chi connectivity index (χ1n) is 6.27. The van der Waals surface area contributed by atoms with Crippen molar-refractivity contribution in [3.63, 3.8) is 0 Å². The van der Waals surface area contributed by atoms with Crippen LogP contribution in [0, 0.1) is 5.41 Å². The van der Waals surface area contributed by atoms with Crippen LogP contribution in [0.4, 0.5) is 0 Å². The fraction of sp³-hybridized carbons (Fsp3) is 0.467. The van der Waals surface area contributed by atoms with Crippen LogP contribution in [0.15, 0.2) is 18.2 Å². The summed E-state index contributed by atoms with van der Waals surface area (Å²) in [6, 6.07) is 5.35. The van der Waals surface area contributed by atoms with E-state index >= 15 is 0 Å². The number of ether oxygens (including phenoxy) is 1. The molecule has 0 N–H and O–H groups in total. The second kappa shape index (κ2) is 4.56. The molecule has 1 aliphatic rings. The Hall–Kier alpha value is -1.64. The highest BCUT2D eigenvalue weighted by Crippen LogP contribution is 2.31. The van der Waals surface area contributed by atoms with Gasteiger partial charge >= 0.3 is 5.97 Å². The Morgan fingerprint density at radius 1 is 1.22 bits per heavy atom. The van der Waals surface area contributed by atoms with E-state index in [2.05, 4.69) is 0 Å². The summed E-state index contributed by atoms with van der Waals surface area (Å²) in [7, 11) is 0. The van der Waals surface area contributed by atoms with Crippen molar-refractivity contribution in [2.75, 3.05) is 0 Å². The molecule has 0 radical (unpaired) electrons. The quantitative estimate of drug-likeness (QED) is 0.564. The maximum absolute atomic E-state index is 11.9. The van der Waals surface area contributed by atoms with Gasteiger partial charge in [-0.1, -0.05) is 12.1 Å². The van der Waals surface area contributed by atoms with Crippen LogP contribution in [-0.4, -0.2) is 11.8 Å². The second-order valence-electron chi connectivity index (χ2n) is 5.70. The average molecular weight is 246 g/mol. The van der Waals surface area contributed by atoms with Crippen molar-refractivity contribution in [3.8, 4) is 5.75 Å². The van der Waals surface area contributed by atoms with Gasteiger partial charge in [0.05, 0.1) is 5.41 Å². The monoisotopic (exact) mass is 246 g/mol. The Balaban J connectivity index is 2.33. The number of ketones is 1. The summed E-state index contributed by atoms with van der Waals surface area (Å²) >= 11 is 0. The average Bonchev–Trinajstić information content (AvgIpc) is 2.29. The minimum atomic E-state index is -0.540. The molecule has 0 saturated carbocycles. The maximum atomic E-state index is 11.9. The van der Waals surface area contributed by atoms with Crippen LogP contribution in [0.3, 0.4) is 0 Å². The highest BCUT2D eigenvalue weighted by Gasteiger charge is 2.26. The summed E-state index contributed by atoms with van der Waals surface area (Å²) in [5.74, 6) is 0.416. The zero-order chi connectivity index (χ0) is 13.3. The van der Waals surface area contributed by atoms with E-state index in [9.17, 15) is 9.59 Å². The number of rotatable bonds is 1. The summed E-state index contributed by atoms with van der Waals surface area (Å²) < 4.78 is 5.43. The molecule has 18 heavy (non-hydrogen) atoms. The van der Waals surface area contributed by atoms with Crippen LogP contribution in [0.2, 0.25) is 0 Å². The number of carbonyl (C=O) groups is 2. The smallest absolute Gasteiger partial charge is 0.316 e. The van der Waals surface area contributed by atoms with Crippen molar-refractivity contribution in [2.45, 2.75) is 40.0 Å². The Bertz CT molecular complexity index is 495. The van der Waals surface area contributed by atoms with Crippen LogP contribution in [0.25, 0.3) is 0 Å². The van der Waals surface area contributed by atoms with Gasteiger partial charge in [0.15, 0.2) is 5.78 Å². The molecule has 0 aliphatic heterocycles. The largest absolute Gasteiger partial charge is 0.426 e. The lowest BCUT2D eigenvalue weighted by Crippen LogP contribution is -2.26. The fourth-order valence-corrected chi connectivity index (χ4v) is 1.99. The third-order valence-electron chi connectivity index (χ3n) is 3.08. The van der Waals surface area contributed by atoms with Crippen molar-refractivity contribution >= 4 is 11.8 Å². The summed E-state index contributed by atoms with van der Waals surface area (Å²) in [5.41, 5.74) is 1.05. The predicted molar refractivity (Wildman–Crippen MR) is 68.8 cm³/mol. The molecule has 96 valence electrons. The summed E-state index contributed by atoms with van der Waals surface area (Å²) in [4.78, 5) is 23.7. The number of hydrogen-bond donors (Lipinski definition) is 0. The zero-order valence-corrected chi connectivity index (χ0v) is 11.1. The Morgan fingerprint density at radius 2 is 1.94 bits per heavy atom. The van der Waals surface area contributed by atoms with Gasteiger partial charge in [-0.05, 0) is 39.7 Å². The van der Waals surface area contributed by atoms with E-state index in [1.807, 2.05) is 26.8 Å². The fourth-order valence-electron chi connectivity index (χ4n) is 1.99. The number of benzene rings is 1. The topological polar surface area (TPSA) is 43.4 Å². The predicted octanol–water partition coefficient (Wildman–Crippen LogP) is 3.16. The van der Waals surface area contributed by atoms with E-state index in [-0.39, 0.29) is 11.8 Å². The van der Waals surface area contributed by atoms with E-state index in [1.54, 1.807) is 12.1 Å². The number of hydrogen-bond acceptors (Lipinski definition) is 3. The van der Waals surface area contributed by atoms with Crippen LogP contribution < -0.4 is 4.74 Å². The van der Waals surface area contributed by atoms with Gasteiger partial charge in [0, 0.05) is 17.5 Å². The Morgan fingerprint density at radius 3 is 2.61 bits per heavy atom. The number of fused-ring (bicyclic) bond motifs is 1. The van der Waals surface area contributed by atoms with Gasteiger partial charge in [0.1, 0.15) is 5.75 Å². The van der Waals surface area contributed by atoms with Gasteiger partial charge in [-0.2, -0.15) is 0 Å². The van der Waals surface area contributed by atoms with Crippen molar-refractivity contribution in [2.24, 2.45) is 5.41 Å². The van der Waals surface area contributed by atoms with Gasteiger partial charge in [0.2, 0.25) is 0 Å². The van der Waals surface area contributed by atoms with E-state index < -0.39 is 5.41 Å². The van der Waals surface area contributed by atoms with Crippen molar-refractivity contribution in [3.05, 3.63) is 29.3 Å². The first kappa shape index (κ1) is 12.8. The number of carbonyl (C=O) groups excluding carboxylic acids is 2. The van der Waals surface area contributed by atoms with Gasteiger partial charge < -0.3 is 4.74 Å². The molecular formula is C15H18O3. The lowest BCUT2D eigenvalue weighted by molar-refractivity contribution is -0.143. The number of Topliss-reactive ketones (excluding diaryl/α,β-unsaturated/α-hetero) is 1. The molecule has 0 aromatic heterocycles. The molecule has 0 fully saturated rings. The van der Waals surface area contributed by atoms with Crippen LogP contribution in [0.5, 0.6) is 5.75 Å². The van der Waals surface area contributed by atoms with Crippen LogP contribution in [-0.2, 0) is 11.2 Å². The molecule has 0 saturated heterocycles. The van der Waals surface area contributed by atoms with E-state index in [0.717, 1.165) is 18.4 Å². The van der Waals surface area contributed by atoms with Gasteiger partial charge in [-0.15, -0.1) is 0 Å². The highest BCUT2D eigenvalue weighted by molar-refractivity contribution is 5.99. The normalized spacial score (nSPS) is 15.2. The third-order valence-corrected chi connectivity index (χ3v) is 3.08. The molecule has 0 heterocycles. The molecule has 0 bridgehead atoms. The number of esters is 1. The van der Waals surface area contributed by atoms with E-state index in [0.29, 0.717) is 17.7 Å². The molecule has 1 aliphatic carbocycles. The van der Waals surface area contributed by atoms with E-state index in [4.69, 9.17) is 4.74 Å². The van der Waals surface area contributed by atoms with Crippen molar-refractivity contribution < 1.29 is 14.3 Å². The Kier molecular flexibility index (Phi) is 3.24. The second-order valence-corrected chi connectivity index (χ2v) is 5.70. The lowest BCUT2D eigenvalue weighted by atomic mass is 9.90. The third kappa shape index (κ3) is 2.45. The zero-order valence-electron chi connectivity index (χ0n) is 11.1. The highest BCUT2D eigenvalue weighted by atomic mass is 16.5. The van der Waals surface area contributed by atoms with Crippen molar-refractivity contribution in [1.29, 1.82) is 0 Å². The summed E-state index contributed by atoms with van der Waals surface area (Å²) in [6.07, 6.45) is 2.22. The van der Waals surface area contributed by atoms with Crippen molar-refractivity contribution in [1.82, 2.24) is 0 Å². The SMILES string of the molecule is CC(C)(C)C(=O)Oc1cccc2c1CCCC2=O. The van der Waals surface area contributed by atoms with Crippen LogP contribution in [0.1, 0.15) is 49.5 Å². The first-order chi connectivity index (χ1) is 8.39. The molecule has 0 amide bonds. The van der Waals surface area contributed by atoms with Gasteiger partial charge in [-0.25, -0.2) is 0 Å². The van der Waals surface area contributed by atoms with Crippen LogP contribution >= 0.6 is 0 Å². The molecule has 0 spiro atoms. The summed E-state index contributed by atoms with van der Waals surface area (Å²) in [5, 5.41) is 0. The molecule has 3 heteroatoms. The minimum Gasteiger partial charge on any atom is -0.426 e. The van der Waals surface area contributed by atoms with Gasteiger partial charge in [0.25, 0.3) is 0 Å². The molecule has 0 unspecified atom stereocenters. The maximum Gasteiger partial charge on any atom is 0.316 e. The first-order valence-corrected chi connectivity index (χ1v) is 6.27. The summed E-state index contributed by atoms with van der Waals surface area (Å²) in [6.45, 7) is 5.45. The lowest BCUT2D eigenvalue weighted by Gasteiger charge is -2.21. The molecule has 1 aromatic carbocycles. The standard InChI is InChI=1S/C15H18O3/c1-15(2,3)14(17)18-13-9-5-6-10-11(13)7-4-8-12(10)16/h5-6,9H,4,7-8H2,1-3H3. The molecule has 0 atom stereocenters.